The fourth-order valence-corrected chi connectivity index (χ4v) is 10.7. The largest absolute Gasteiger partial charge is 0.399 e. The summed E-state index contributed by atoms with van der Waals surface area (Å²) in [5.41, 5.74) is 15.9. The summed E-state index contributed by atoms with van der Waals surface area (Å²) in [4.78, 5) is 0. The van der Waals surface area contributed by atoms with Crippen LogP contribution in [0.3, 0.4) is 0 Å². The Balaban J connectivity index is 1.14. The number of benzene rings is 1. The normalized spacial score (nSPS) is 37.9. The minimum atomic E-state index is 0.271. The summed E-state index contributed by atoms with van der Waals surface area (Å²) in [5.74, 6) is 6.31. The van der Waals surface area contributed by atoms with Gasteiger partial charge in [0.05, 0.1) is 13.2 Å². The maximum atomic E-state index is 6.16. The van der Waals surface area contributed by atoms with Gasteiger partial charge in [-0.15, -0.1) is 0 Å². The van der Waals surface area contributed by atoms with Gasteiger partial charge in [0, 0.05) is 11.4 Å². The van der Waals surface area contributed by atoms with Gasteiger partial charge in [-0.05, 0) is 146 Å². The SMILES string of the molecule is CC(COCc1cc(N)cc(N)c1)C(C)(C)CC[C@@H](C)[C@H]1CC[C@H]2[C@@H]3CCC4CCCC[C@]4(C)[C@H]3CC[C@]12C. The first-order chi connectivity index (χ1) is 18.4. The van der Waals surface area contributed by atoms with Crippen molar-refractivity contribution < 1.29 is 4.74 Å². The Morgan fingerprint density at radius 1 is 0.872 bits per heavy atom. The smallest absolute Gasteiger partial charge is 0.0718 e. The van der Waals surface area contributed by atoms with Crippen LogP contribution in [0.25, 0.3) is 0 Å². The second-order valence-electron chi connectivity index (χ2n) is 16.1. The van der Waals surface area contributed by atoms with Crippen LogP contribution in [0.1, 0.15) is 124 Å². The van der Waals surface area contributed by atoms with Gasteiger partial charge in [-0.25, -0.2) is 0 Å². The van der Waals surface area contributed by atoms with Gasteiger partial charge >= 0.3 is 0 Å². The Morgan fingerprint density at radius 3 is 2.33 bits per heavy atom. The lowest BCUT2D eigenvalue weighted by molar-refractivity contribution is -0.114. The van der Waals surface area contributed by atoms with Crippen LogP contribution in [0.15, 0.2) is 18.2 Å². The van der Waals surface area contributed by atoms with E-state index in [2.05, 4.69) is 41.5 Å². The maximum Gasteiger partial charge on any atom is 0.0718 e. The molecular formula is C36H60N2O. The lowest BCUT2D eigenvalue weighted by atomic mass is 9.44. The molecule has 4 N–H and O–H groups in total. The number of nitrogens with two attached hydrogens (primary N) is 2. The molecule has 0 heterocycles. The fourth-order valence-electron chi connectivity index (χ4n) is 10.7. The summed E-state index contributed by atoms with van der Waals surface area (Å²) in [6, 6.07) is 5.74. The topological polar surface area (TPSA) is 61.3 Å². The van der Waals surface area contributed by atoms with Gasteiger partial charge in [-0.1, -0.05) is 54.4 Å². The van der Waals surface area contributed by atoms with E-state index in [4.69, 9.17) is 16.2 Å². The van der Waals surface area contributed by atoms with Crippen LogP contribution >= 0.6 is 0 Å². The van der Waals surface area contributed by atoms with E-state index in [1.807, 2.05) is 12.1 Å². The molecule has 3 heteroatoms. The van der Waals surface area contributed by atoms with Crippen molar-refractivity contribution >= 4 is 11.4 Å². The van der Waals surface area contributed by atoms with E-state index in [1.165, 1.54) is 70.6 Å². The Morgan fingerprint density at radius 2 is 1.59 bits per heavy atom. The zero-order valence-corrected chi connectivity index (χ0v) is 26.2. The molecule has 0 radical (unpaired) electrons. The number of anilines is 2. The zero-order chi connectivity index (χ0) is 28.0. The molecule has 1 aromatic rings. The number of ether oxygens (including phenoxy) is 1. The summed E-state index contributed by atoms with van der Waals surface area (Å²) in [7, 11) is 0. The summed E-state index contributed by atoms with van der Waals surface area (Å²) in [6.45, 7) is 16.7. The molecule has 0 aliphatic heterocycles. The van der Waals surface area contributed by atoms with Gasteiger partial charge in [0.2, 0.25) is 0 Å². The zero-order valence-electron chi connectivity index (χ0n) is 26.2. The number of rotatable bonds is 9. The van der Waals surface area contributed by atoms with E-state index in [1.54, 1.807) is 12.5 Å². The molecule has 4 saturated carbocycles. The monoisotopic (exact) mass is 536 g/mol. The van der Waals surface area contributed by atoms with Crippen molar-refractivity contribution in [2.45, 2.75) is 125 Å². The highest BCUT2D eigenvalue weighted by Gasteiger charge is 2.60. The molecule has 0 spiro atoms. The summed E-state index contributed by atoms with van der Waals surface area (Å²) in [5, 5.41) is 0. The lowest BCUT2D eigenvalue weighted by Crippen LogP contribution is -2.53. The Kier molecular flexibility index (Phi) is 8.42. The lowest BCUT2D eigenvalue weighted by Gasteiger charge is -2.61. The number of hydrogen-bond acceptors (Lipinski definition) is 3. The quantitative estimate of drug-likeness (QED) is 0.309. The summed E-state index contributed by atoms with van der Waals surface area (Å²) < 4.78 is 6.16. The van der Waals surface area contributed by atoms with Gasteiger partial charge in [0.25, 0.3) is 0 Å². The van der Waals surface area contributed by atoms with E-state index in [0.29, 0.717) is 34.7 Å². The van der Waals surface area contributed by atoms with Gasteiger partial charge in [-0.3, -0.25) is 0 Å². The number of fused-ring (bicyclic) bond motifs is 5. The van der Waals surface area contributed by atoms with E-state index in [9.17, 15) is 0 Å². The molecule has 5 rings (SSSR count). The van der Waals surface area contributed by atoms with Gasteiger partial charge < -0.3 is 16.2 Å². The third-order valence-corrected chi connectivity index (χ3v) is 13.6. The van der Waals surface area contributed by atoms with Crippen molar-refractivity contribution in [3.8, 4) is 0 Å². The standard InChI is InChI=1S/C36H60N2O/c1-24(14-17-34(3,4)25(2)22-39-23-26-19-28(37)21-29(38)20-26)31-12-13-32-30-11-10-27-9-7-8-16-35(27,5)33(30)15-18-36(31,32)6/h19-21,24-25,27,30-33H,7-18,22-23,37-38H2,1-6H3/t24-,25?,27?,30+,31-,32+,33+,35+,36-/m1/s1. The molecule has 0 saturated heterocycles. The fraction of sp³-hybridized carbons (Fsp3) is 0.833. The van der Waals surface area contributed by atoms with Crippen molar-refractivity contribution in [3.05, 3.63) is 23.8 Å². The van der Waals surface area contributed by atoms with Gasteiger partial charge in [0.15, 0.2) is 0 Å². The molecule has 4 aliphatic rings. The van der Waals surface area contributed by atoms with Crippen molar-refractivity contribution in [2.75, 3.05) is 18.1 Å². The molecule has 0 aromatic heterocycles. The minimum Gasteiger partial charge on any atom is -0.399 e. The molecule has 3 nitrogen and oxygen atoms in total. The van der Waals surface area contributed by atoms with Crippen LogP contribution in [0.2, 0.25) is 0 Å². The molecule has 39 heavy (non-hydrogen) atoms. The number of hydrogen-bond donors (Lipinski definition) is 2. The van der Waals surface area contributed by atoms with Crippen LogP contribution in [0, 0.1) is 57.7 Å². The minimum absolute atomic E-state index is 0.271. The third-order valence-electron chi connectivity index (χ3n) is 13.6. The molecule has 220 valence electrons. The molecule has 9 atom stereocenters. The average Bonchev–Trinajstić information content (AvgIpc) is 3.23. The predicted octanol–water partition coefficient (Wildman–Crippen LogP) is 9.50. The Labute approximate surface area is 240 Å². The summed E-state index contributed by atoms with van der Waals surface area (Å²) >= 11 is 0. The maximum absolute atomic E-state index is 6.16. The van der Waals surface area contributed by atoms with E-state index in [-0.39, 0.29) is 5.41 Å². The van der Waals surface area contributed by atoms with Crippen molar-refractivity contribution in [1.29, 1.82) is 0 Å². The molecule has 2 unspecified atom stereocenters. The van der Waals surface area contributed by atoms with Crippen molar-refractivity contribution in [2.24, 2.45) is 57.7 Å². The van der Waals surface area contributed by atoms with Crippen molar-refractivity contribution in [1.82, 2.24) is 0 Å². The molecular weight excluding hydrogens is 476 g/mol. The van der Waals surface area contributed by atoms with Crippen molar-refractivity contribution in [3.63, 3.8) is 0 Å². The van der Waals surface area contributed by atoms with Crippen LogP contribution in [-0.2, 0) is 11.3 Å². The van der Waals surface area contributed by atoms with Crippen LogP contribution in [0.4, 0.5) is 11.4 Å². The number of nitrogen functional groups attached to an aromatic ring is 2. The molecule has 4 aliphatic carbocycles. The second-order valence-corrected chi connectivity index (χ2v) is 16.1. The average molecular weight is 537 g/mol. The second kappa shape index (κ2) is 11.2. The van der Waals surface area contributed by atoms with Gasteiger partial charge in [0.1, 0.15) is 0 Å². The predicted molar refractivity (Wildman–Crippen MR) is 166 cm³/mol. The highest BCUT2D eigenvalue weighted by molar-refractivity contribution is 5.54. The Bertz CT molecular complexity index is 968. The van der Waals surface area contributed by atoms with Crippen LogP contribution in [-0.4, -0.2) is 6.61 Å². The first-order valence-electron chi connectivity index (χ1n) is 16.7. The first kappa shape index (κ1) is 29.3. The van der Waals surface area contributed by atoms with Crippen LogP contribution < -0.4 is 11.5 Å². The van der Waals surface area contributed by atoms with E-state index in [0.717, 1.165) is 47.7 Å². The molecule has 0 bridgehead atoms. The van der Waals surface area contributed by atoms with Gasteiger partial charge in [-0.2, -0.15) is 0 Å². The summed E-state index contributed by atoms with van der Waals surface area (Å²) in [6.07, 6.45) is 17.7. The molecule has 0 amide bonds. The van der Waals surface area contributed by atoms with E-state index < -0.39 is 0 Å². The van der Waals surface area contributed by atoms with E-state index >= 15 is 0 Å². The molecule has 4 fully saturated rings. The Hall–Kier alpha value is -1.22. The molecule has 1 aromatic carbocycles. The van der Waals surface area contributed by atoms with Crippen LogP contribution in [0.5, 0.6) is 0 Å². The first-order valence-corrected chi connectivity index (χ1v) is 16.7. The highest BCUT2D eigenvalue weighted by atomic mass is 16.5. The third kappa shape index (κ3) is 5.64. The highest BCUT2D eigenvalue weighted by Crippen LogP contribution is 2.68.